The van der Waals surface area contributed by atoms with Gasteiger partial charge >= 0.3 is 5.97 Å². The average Bonchev–Trinajstić information content (AvgIpc) is 3.07. The number of ether oxygens (including phenoxy) is 1. The van der Waals surface area contributed by atoms with Gasteiger partial charge in [-0.2, -0.15) is 0 Å². The molecule has 3 aromatic rings. The van der Waals surface area contributed by atoms with Gasteiger partial charge in [0.15, 0.2) is 0 Å². The first-order chi connectivity index (χ1) is 13.0. The maximum Gasteiger partial charge on any atom is 0.325 e. The number of benzene rings is 2. The molecule has 0 saturated carbocycles. The van der Waals surface area contributed by atoms with Crippen LogP contribution in [0.15, 0.2) is 54.7 Å². The molecule has 0 saturated heterocycles. The van der Waals surface area contributed by atoms with E-state index in [1.165, 1.54) is 0 Å². The Kier molecular flexibility index (Phi) is 6.11. The minimum Gasteiger partial charge on any atom is -0.489 e. The normalized spacial score (nSPS) is 12.4. The Hall–Kier alpha value is -2.83. The van der Waals surface area contributed by atoms with E-state index >= 15 is 0 Å². The van der Waals surface area contributed by atoms with Gasteiger partial charge in [-0.25, -0.2) is 0 Å². The van der Waals surface area contributed by atoms with Gasteiger partial charge < -0.3 is 19.7 Å². The second-order valence-corrected chi connectivity index (χ2v) is 6.75. The van der Waals surface area contributed by atoms with Crippen molar-refractivity contribution in [2.75, 3.05) is 27.2 Å². The first kappa shape index (κ1) is 18.9. The van der Waals surface area contributed by atoms with E-state index in [4.69, 9.17) is 4.74 Å². The quantitative estimate of drug-likeness (QED) is 0.542. The van der Waals surface area contributed by atoms with Crippen LogP contribution in [0.5, 0.6) is 5.75 Å². The Bertz CT molecular complexity index is 890. The molecule has 0 spiro atoms. The molecule has 0 bridgehead atoms. The lowest BCUT2D eigenvalue weighted by Crippen LogP contribution is -2.33. The molecule has 3 N–H and O–H groups in total. The molecular weight excluding hydrogens is 342 g/mol. The number of H-pyrrole nitrogens is 1. The molecule has 6 nitrogen and oxygen atoms in total. The number of nitrogens with zero attached hydrogens (tertiary/aromatic N) is 1. The van der Waals surface area contributed by atoms with Crippen LogP contribution in [0.4, 0.5) is 0 Å². The zero-order valence-electron chi connectivity index (χ0n) is 15.6. The van der Waals surface area contributed by atoms with Crippen molar-refractivity contribution in [2.24, 2.45) is 0 Å². The van der Waals surface area contributed by atoms with Gasteiger partial charge in [0.25, 0.3) is 0 Å². The molecule has 3 rings (SSSR count). The molecule has 0 fully saturated rings. The number of carbonyl (C=O) groups is 1. The number of hydrogen-bond acceptors (Lipinski definition) is 4. The van der Waals surface area contributed by atoms with E-state index in [0.29, 0.717) is 24.5 Å². The fourth-order valence-electron chi connectivity index (χ4n) is 2.95. The van der Waals surface area contributed by atoms with Crippen LogP contribution in [0.2, 0.25) is 0 Å². The van der Waals surface area contributed by atoms with Crippen molar-refractivity contribution in [1.82, 2.24) is 15.2 Å². The van der Waals surface area contributed by atoms with Gasteiger partial charge in [-0.1, -0.05) is 30.3 Å². The van der Waals surface area contributed by atoms with Crippen molar-refractivity contribution in [3.8, 4) is 5.75 Å². The summed E-state index contributed by atoms with van der Waals surface area (Å²) in [5, 5.41) is 13.6. The maximum atomic E-state index is 11.8. The molecule has 0 unspecified atom stereocenters. The van der Waals surface area contributed by atoms with Crippen LogP contribution in [0.1, 0.15) is 17.2 Å². The summed E-state index contributed by atoms with van der Waals surface area (Å²) in [6.07, 6.45) is 1.76. The van der Waals surface area contributed by atoms with Gasteiger partial charge in [-0.15, -0.1) is 0 Å². The van der Waals surface area contributed by atoms with Crippen molar-refractivity contribution < 1.29 is 14.6 Å². The lowest BCUT2D eigenvalue weighted by Gasteiger charge is -2.16. The number of aromatic amines is 1. The molecule has 0 aliphatic carbocycles. The summed E-state index contributed by atoms with van der Waals surface area (Å²) in [5.41, 5.74) is 2.68. The number of carboxylic acids is 1. The molecule has 2 aromatic carbocycles. The van der Waals surface area contributed by atoms with E-state index in [-0.39, 0.29) is 0 Å². The Morgan fingerprint density at radius 3 is 2.70 bits per heavy atom. The van der Waals surface area contributed by atoms with Crippen molar-refractivity contribution in [2.45, 2.75) is 12.6 Å². The summed E-state index contributed by atoms with van der Waals surface area (Å²) in [7, 11) is 3.92. The van der Waals surface area contributed by atoms with E-state index in [1.54, 1.807) is 6.20 Å². The van der Waals surface area contributed by atoms with Crippen LogP contribution in [0.3, 0.4) is 0 Å². The van der Waals surface area contributed by atoms with Crippen LogP contribution in [0, 0.1) is 0 Å². The monoisotopic (exact) mass is 367 g/mol. The molecule has 1 atom stereocenters. The number of nitrogens with one attached hydrogen (secondary N) is 2. The number of aromatic nitrogens is 1. The van der Waals surface area contributed by atoms with E-state index in [1.807, 2.05) is 67.5 Å². The van der Waals surface area contributed by atoms with Gasteiger partial charge in [0.05, 0.1) is 0 Å². The Morgan fingerprint density at radius 1 is 1.22 bits per heavy atom. The molecule has 0 amide bonds. The predicted molar refractivity (Wildman–Crippen MR) is 106 cm³/mol. The number of aliphatic carboxylic acids is 1. The summed E-state index contributed by atoms with van der Waals surface area (Å²) in [6.45, 7) is 1.81. The average molecular weight is 367 g/mol. The highest BCUT2D eigenvalue weighted by molar-refractivity contribution is 5.90. The third kappa shape index (κ3) is 4.87. The smallest absolute Gasteiger partial charge is 0.325 e. The predicted octanol–water partition coefficient (Wildman–Crippen LogP) is 3.02. The molecule has 27 heavy (non-hydrogen) atoms. The van der Waals surface area contributed by atoms with Crippen molar-refractivity contribution >= 4 is 16.9 Å². The van der Waals surface area contributed by atoms with Crippen LogP contribution in [0.25, 0.3) is 10.9 Å². The highest BCUT2D eigenvalue weighted by Crippen LogP contribution is 2.28. The number of rotatable bonds is 9. The van der Waals surface area contributed by atoms with Gasteiger partial charge in [0.2, 0.25) is 0 Å². The third-order valence-electron chi connectivity index (χ3n) is 4.40. The molecule has 142 valence electrons. The fourth-order valence-corrected chi connectivity index (χ4v) is 2.95. The Morgan fingerprint density at radius 2 is 2.00 bits per heavy atom. The van der Waals surface area contributed by atoms with Crippen LogP contribution in [-0.4, -0.2) is 48.1 Å². The van der Waals surface area contributed by atoms with Gasteiger partial charge in [-0.05, 0) is 37.9 Å². The topological polar surface area (TPSA) is 77.6 Å². The lowest BCUT2D eigenvalue weighted by molar-refractivity contribution is -0.139. The maximum absolute atomic E-state index is 11.8. The van der Waals surface area contributed by atoms with Crippen LogP contribution in [-0.2, 0) is 11.4 Å². The van der Waals surface area contributed by atoms with Gasteiger partial charge in [0.1, 0.15) is 18.4 Å². The summed E-state index contributed by atoms with van der Waals surface area (Å²) in [5.74, 6) is -0.185. The highest BCUT2D eigenvalue weighted by atomic mass is 16.5. The molecule has 6 heteroatoms. The SMILES string of the molecule is CN(C)CCN[C@H](C(=O)O)c1c[nH]c2ccc(OCc3ccccc3)cc12. The molecule has 0 radical (unpaired) electrons. The third-order valence-corrected chi connectivity index (χ3v) is 4.40. The number of carboxylic acid groups (broad SMARTS) is 1. The first-order valence-corrected chi connectivity index (χ1v) is 8.93. The first-order valence-electron chi connectivity index (χ1n) is 8.93. The lowest BCUT2D eigenvalue weighted by atomic mass is 10.1. The van der Waals surface area contributed by atoms with E-state index in [2.05, 4.69) is 10.3 Å². The largest absolute Gasteiger partial charge is 0.489 e. The Balaban J connectivity index is 1.79. The van der Waals surface area contributed by atoms with Crippen molar-refractivity contribution in [3.63, 3.8) is 0 Å². The second kappa shape index (κ2) is 8.70. The van der Waals surface area contributed by atoms with Crippen LogP contribution >= 0.6 is 0 Å². The number of fused-ring (bicyclic) bond motifs is 1. The second-order valence-electron chi connectivity index (χ2n) is 6.75. The van der Waals surface area contributed by atoms with Gasteiger partial charge in [0, 0.05) is 35.8 Å². The minimum absolute atomic E-state index is 0.468. The standard InChI is InChI=1S/C21H25N3O3/c1-24(2)11-10-22-20(21(25)26)18-13-23-19-9-8-16(12-17(18)19)27-14-15-6-4-3-5-7-15/h3-9,12-13,20,22-23H,10-11,14H2,1-2H3,(H,25,26)/t20-/m0/s1. The summed E-state index contributed by atoms with van der Waals surface area (Å²) in [6, 6.07) is 14.9. The summed E-state index contributed by atoms with van der Waals surface area (Å²) >= 11 is 0. The molecule has 1 aromatic heterocycles. The molecule has 0 aliphatic heterocycles. The molecular formula is C21H25N3O3. The Labute approximate surface area is 158 Å². The van der Waals surface area contributed by atoms with Crippen molar-refractivity contribution in [1.29, 1.82) is 0 Å². The summed E-state index contributed by atoms with van der Waals surface area (Å²) < 4.78 is 5.89. The van der Waals surface area contributed by atoms with Crippen LogP contribution < -0.4 is 10.1 Å². The van der Waals surface area contributed by atoms with Gasteiger partial charge in [-0.3, -0.25) is 10.1 Å². The van der Waals surface area contributed by atoms with E-state index < -0.39 is 12.0 Å². The van der Waals surface area contributed by atoms with E-state index in [9.17, 15) is 9.90 Å². The van der Waals surface area contributed by atoms with Crippen molar-refractivity contribution in [3.05, 3.63) is 65.9 Å². The van der Waals surface area contributed by atoms with E-state index in [0.717, 1.165) is 23.0 Å². The summed E-state index contributed by atoms with van der Waals surface area (Å²) in [4.78, 5) is 17.0. The minimum atomic E-state index is -0.898. The fraction of sp³-hybridized carbons (Fsp3) is 0.286. The number of likely N-dealkylation sites (N-methyl/N-ethyl adjacent to an activating group) is 1. The molecule has 1 heterocycles. The highest BCUT2D eigenvalue weighted by Gasteiger charge is 2.22. The molecule has 0 aliphatic rings. The zero-order valence-corrected chi connectivity index (χ0v) is 15.6. The number of hydrogen-bond donors (Lipinski definition) is 3. The zero-order chi connectivity index (χ0) is 19.2.